The number of fused-ring (bicyclic) bond motifs is 1. The SMILES string of the molecule is CC1CCCC(O)(CNC(=O)C2CC3CC3C2)C1. The van der Waals surface area contributed by atoms with Crippen LogP contribution in [0, 0.1) is 23.7 Å². The number of rotatable bonds is 3. The van der Waals surface area contributed by atoms with Gasteiger partial charge in [-0.05, 0) is 49.9 Å². The summed E-state index contributed by atoms with van der Waals surface area (Å²) in [6, 6.07) is 0. The number of carbonyl (C=O) groups is 1. The molecule has 0 aromatic heterocycles. The van der Waals surface area contributed by atoms with Gasteiger partial charge in [0.1, 0.15) is 0 Å². The first-order valence-corrected chi connectivity index (χ1v) is 7.56. The molecule has 3 heteroatoms. The summed E-state index contributed by atoms with van der Waals surface area (Å²) < 4.78 is 0. The van der Waals surface area contributed by atoms with Crippen LogP contribution in [-0.4, -0.2) is 23.2 Å². The molecular weight excluding hydrogens is 226 g/mol. The monoisotopic (exact) mass is 251 g/mol. The minimum atomic E-state index is -0.644. The fourth-order valence-corrected chi connectivity index (χ4v) is 4.12. The molecule has 0 heterocycles. The molecule has 3 saturated carbocycles. The average molecular weight is 251 g/mol. The van der Waals surface area contributed by atoms with Crippen LogP contribution in [0.1, 0.15) is 51.9 Å². The topological polar surface area (TPSA) is 49.3 Å². The summed E-state index contributed by atoms with van der Waals surface area (Å²) in [4.78, 5) is 12.1. The van der Waals surface area contributed by atoms with Crippen molar-refractivity contribution in [3.05, 3.63) is 0 Å². The Balaban J connectivity index is 1.46. The maximum Gasteiger partial charge on any atom is 0.223 e. The van der Waals surface area contributed by atoms with E-state index < -0.39 is 5.60 Å². The van der Waals surface area contributed by atoms with E-state index in [1.54, 1.807) is 0 Å². The number of carbonyl (C=O) groups excluding carboxylic acids is 1. The van der Waals surface area contributed by atoms with E-state index in [0.717, 1.165) is 43.9 Å². The quantitative estimate of drug-likeness (QED) is 0.807. The normalized spacial score (nSPS) is 46.6. The maximum absolute atomic E-state index is 12.1. The Kier molecular flexibility index (Phi) is 3.13. The van der Waals surface area contributed by atoms with Crippen molar-refractivity contribution < 1.29 is 9.90 Å². The van der Waals surface area contributed by atoms with Gasteiger partial charge in [-0.1, -0.05) is 19.8 Å². The number of nitrogens with one attached hydrogen (secondary N) is 1. The van der Waals surface area contributed by atoms with Gasteiger partial charge >= 0.3 is 0 Å². The number of aliphatic hydroxyl groups is 1. The molecule has 4 atom stereocenters. The molecule has 3 fully saturated rings. The Morgan fingerprint density at radius 1 is 1.33 bits per heavy atom. The van der Waals surface area contributed by atoms with Gasteiger partial charge < -0.3 is 10.4 Å². The van der Waals surface area contributed by atoms with Crippen LogP contribution in [0.15, 0.2) is 0 Å². The standard InChI is InChI=1S/C15H25NO2/c1-10-3-2-4-15(18,8-10)9-16-14(17)13-6-11-5-12(11)7-13/h10-13,18H,2-9H2,1H3,(H,16,17). The highest BCUT2D eigenvalue weighted by molar-refractivity contribution is 5.79. The highest BCUT2D eigenvalue weighted by atomic mass is 16.3. The molecule has 3 rings (SSSR count). The number of hydrogen-bond donors (Lipinski definition) is 2. The summed E-state index contributed by atoms with van der Waals surface area (Å²) in [6.45, 7) is 2.65. The first kappa shape index (κ1) is 12.5. The lowest BCUT2D eigenvalue weighted by molar-refractivity contribution is -0.127. The largest absolute Gasteiger partial charge is 0.388 e. The van der Waals surface area contributed by atoms with Crippen LogP contribution < -0.4 is 5.32 Å². The summed E-state index contributed by atoms with van der Waals surface area (Å²) in [5.41, 5.74) is -0.644. The molecule has 2 N–H and O–H groups in total. The molecule has 0 radical (unpaired) electrons. The molecule has 3 nitrogen and oxygen atoms in total. The van der Waals surface area contributed by atoms with E-state index in [2.05, 4.69) is 12.2 Å². The van der Waals surface area contributed by atoms with E-state index in [0.29, 0.717) is 12.5 Å². The highest BCUT2D eigenvalue weighted by Gasteiger charge is 2.48. The van der Waals surface area contributed by atoms with Crippen molar-refractivity contribution in [2.75, 3.05) is 6.54 Å². The molecule has 0 bridgehead atoms. The second-order valence-electron chi connectivity index (χ2n) is 7.07. The molecule has 102 valence electrons. The zero-order chi connectivity index (χ0) is 12.8. The molecule has 4 unspecified atom stereocenters. The van der Waals surface area contributed by atoms with E-state index in [1.165, 1.54) is 12.8 Å². The smallest absolute Gasteiger partial charge is 0.223 e. The van der Waals surface area contributed by atoms with Gasteiger partial charge in [-0.2, -0.15) is 0 Å². The zero-order valence-corrected chi connectivity index (χ0v) is 11.3. The molecule has 0 aliphatic heterocycles. The van der Waals surface area contributed by atoms with Gasteiger partial charge in [-0.25, -0.2) is 0 Å². The molecule has 0 spiro atoms. The molecule has 3 aliphatic rings. The van der Waals surface area contributed by atoms with Crippen LogP contribution in [0.5, 0.6) is 0 Å². The number of amides is 1. The summed E-state index contributed by atoms with van der Waals surface area (Å²) >= 11 is 0. The molecule has 0 aromatic rings. The summed E-state index contributed by atoms with van der Waals surface area (Å²) in [7, 11) is 0. The van der Waals surface area contributed by atoms with Gasteiger partial charge in [-0.15, -0.1) is 0 Å². The van der Waals surface area contributed by atoms with E-state index in [4.69, 9.17) is 0 Å². The Labute approximate surface area is 109 Å². The van der Waals surface area contributed by atoms with Gasteiger partial charge in [0.15, 0.2) is 0 Å². The van der Waals surface area contributed by atoms with Crippen molar-refractivity contribution in [3.63, 3.8) is 0 Å². The fourth-order valence-electron chi connectivity index (χ4n) is 4.12. The van der Waals surface area contributed by atoms with Crippen LogP contribution in [-0.2, 0) is 4.79 Å². The van der Waals surface area contributed by atoms with Gasteiger partial charge in [-0.3, -0.25) is 4.79 Å². The van der Waals surface area contributed by atoms with Crippen LogP contribution in [0.2, 0.25) is 0 Å². The van der Waals surface area contributed by atoms with Crippen molar-refractivity contribution >= 4 is 5.91 Å². The van der Waals surface area contributed by atoms with Crippen molar-refractivity contribution in [1.29, 1.82) is 0 Å². The highest BCUT2D eigenvalue weighted by Crippen LogP contribution is 2.54. The second kappa shape index (κ2) is 4.52. The van der Waals surface area contributed by atoms with Crippen LogP contribution in [0.25, 0.3) is 0 Å². The third-order valence-electron chi connectivity index (χ3n) is 5.27. The van der Waals surface area contributed by atoms with Crippen LogP contribution in [0.4, 0.5) is 0 Å². The van der Waals surface area contributed by atoms with Crippen molar-refractivity contribution in [2.24, 2.45) is 23.7 Å². The summed E-state index contributed by atoms with van der Waals surface area (Å²) in [5.74, 6) is 2.70. The predicted octanol–water partition coefficient (Wildman–Crippen LogP) is 2.09. The molecule has 0 saturated heterocycles. The lowest BCUT2D eigenvalue weighted by Crippen LogP contribution is -2.47. The summed E-state index contributed by atoms with van der Waals surface area (Å²) in [5, 5.41) is 13.5. The molecule has 0 aromatic carbocycles. The molecule has 18 heavy (non-hydrogen) atoms. The van der Waals surface area contributed by atoms with Crippen molar-refractivity contribution in [1.82, 2.24) is 5.32 Å². The van der Waals surface area contributed by atoms with Gasteiger partial charge in [0.05, 0.1) is 5.60 Å². The average Bonchev–Trinajstić information content (AvgIpc) is 2.93. The van der Waals surface area contributed by atoms with Gasteiger partial charge in [0.2, 0.25) is 5.91 Å². The Morgan fingerprint density at radius 2 is 2.06 bits per heavy atom. The molecular formula is C15H25NO2. The summed E-state index contributed by atoms with van der Waals surface area (Å²) in [6.07, 6.45) is 7.50. The Bertz CT molecular complexity index is 333. The minimum Gasteiger partial charge on any atom is -0.388 e. The van der Waals surface area contributed by atoms with Crippen LogP contribution >= 0.6 is 0 Å². The van der Waals surface area contributed by atoms with Crippen LogP contribution in [0.3, 0.4) is 0 Å². The van der Waals surface area contributed by atoms with E-state index in [1.807, 2.05) is 0 Å². The van der Waals surface area contributed by atoms with E-state index in [-0.39, 0.29) is 11.8 Å². The first-order valence-electron chi connectivity index (χ1n) is 7.56. The maximum atomic E-state index is 12.1. The predicted molar refractivity (Wildman–Crippen MR) is 69.9 cm³/mol. The van der Waals surface area contributed by atoms with Gasteiger partial charge in [0.25, 0.3) is 0 Å². The molecule has 3 aliphatic carbocycles. The third kappa shape index (κ3) is 2.56. The molecule has 1 amide bonds. The number of hydrogen-bond acceptors (Lipinski definition) is 2. The minimum absolute atomic E-state index is 0.189. The zero-order valence-electron chi connectivity index (χ0n) is 11.3. The van der Waals surface area contributed by atoms with Crippen molar-refractivity contribution in [2.45, 2.75) is 57.5 Å². The lowest BCUT2D eigenvalue weighted by Gasteiger charge is -2.35. The van der Waals surface area contributed by atoms with Gasteiger partial charge in [0, 0.05) is 12.5 Å². The third-order valence-corrected chi connectivity index (χ3v) is 5.27. The fraction of sp³-hybridized carbons (Fsp3) is 0.933. The van der Waals surface area contributed by atoms with Crippen molar-refractivity contribution in [3.8, 4) is 0 Å². The Hall–Kier alpha value is -0.570. The van der Waals surface area contributed by atoms with E-state index in [9.17, 15) is 9.90 Å². The Morgan fingerprint density at radius 3 is 2.72 bits per heavy atom. The second-order valence-corrected chi connectivity index (χ2v) is 7.07. The van der Waals surface area contributed by atoms with E-state index >= 15 is 0 Å². The first-order chi connectivity index (χ1) is 8.56. The lowest BCUT2D eigenvalue weighted by atomic mass is 9.79.